The van der Waals surface area contributed by atoms with E-state index in [1.54, 1.807) is 0 Å². The van der Waals surface area contributed by atoms with Gasteiger partial charge >= 0.3 is 5.97 Å². The van der Waals surface area contributed by atoms with Crippen LogP contribution < -0.4 is 5.32 Å². The molecule has 18 heavy (non-hydrogen) atoms. The van der Waals surface area contributed by atoms with Crippen molar-refractivity contribution in [3.8, 4) is 0 Å². The number of carbonyl (C=O) groups excluding carboxylic acids is 1. The molecule has 1 aliphatic heterocycles. The van der Waals surface area contributed by atoms with Gasteiger partial charge in [0.1, 0.15) is 0 Å². The van der Waals surface area contributed by atoms with Crippen molar-refractivity contribution in [2.45, 2.75) is 18.5 Å². The molecule has 5 heteroatoms. The minimum absolute atomic E-state index is 0.343. The molecular formula is C13H16N2O3. The Morgan fingerprint density at radius 1 is 1.44 bits per heavy atom. The highest BCUT2D eigenvalue weighted by Gasteiger charge is 2.44. The van der Waals surface area contributed by atoms with E-state index in [2.05, 4.69) is 5.32 Å². The maximum atomic E-state index is 11.3. The third kappa shape index (κ3) is 2.51. The van der Waals surface area contributed by atoms with Crippen molar-refractivity contribution in [1.29, 1.82) is 0 Å². The zero-order chi connectivity index (χ0) is 13.0. The van der Waals surface area contributed by atoms with Crippen LogP contribution in [0.5, 0.6) is 0 Å². The lowest BCUT2D eigenvalue weighted by atomic mass is 9.99. The molecule has 5 nitrogen and oxygen atoms in total. The van der Waals surface area contributed by atoms with Crippen LogP contribution in [0.15, 0.2) is 30.3 Å². The van der Waals surface area contributed by atoms with Gasteiger partial charge in [-0.05, 0) is 12.0 Å². The average molecular weight is 248 g/mol. The number of hydrogen-bond acceptors (Lipinski definition) is 3. The van der Waals surface area contributed by atoms with Crippen LogP contribution in [0.3, 0.4) is 0 Å². The quantitative estimate of drug-likeness (QED) is 0.743. The summed E-state index contributed by atoms with van der Waals surface area (Å²) < 4.78 is 0. The van der Waals surface area contributed by atoms with Crippen LogP contribution in [0, 0.1) is 0 Å². The topological polar surface area (TPSA) is 69.6 Å². The Balaban J connectivity index is 2.03. The number of nitrogens with zero attached hydrogens (tertiary/aromatic N) is 1. The van der Waals surface area contributed by atoms with Gasteiger partial charge in [0.25, 0.3) is 0 Å². The summed E-state index contributed by atoms with van der Waals surface area (Å²) >= 11 is 0. The van der Waals surface area contributed by atoms with Gasteiger partial charge in [0.05, 0.1) is 0 Å². The summed E-state index contributed by atoms with van der Waals surface area (Å²) in [5, 5.41) is 11.7. The Kier molecular flexibility index (Phi) is 3.62. The lowest BCUT2D eigenvalue weighted by molar-refractivity contribution is -0.145. The first-order valence-electron chi connectivity index (χ1n) is 5.87. The van der Waals surface area contributed by atoms with E-state index in [1.165, 1.54) is 0 Å². The molecule has 0 aromatic heterocycles. The highest BCUT2D eigenvalue weighted by Crippen LogP contribution is 2.23. The number of hydrogen-bond donors (Lipinski definition) is 2. The molecule has 1 aliphatic rings. The van der Waals surface area contributed by atoms with E-state index in [9.17, 15) is 14.7 Å². The third-order valence-electron chi connectivity index (χ3n) is 3.34. The molecule has 1 fully saturated rings. The molecule has 1 aromatic rings. The van der Waals surface area contributed by atoms with E-state index in [-0.39, 0.29) is 0 Å². The Hall–Kier alpha value is -1.88. The van der Waals surface area contributed by atoms with E-state index < -0.39 is 11.5 Å². The zero-order valence-electron chi connectivity index (χ0n) is 10.0. The number of amides is 1. The van der Waals surface area contributed by atoms with Crippen LogP contribution in [0.1, 0.15) is 12.0 Å². The molecule has 1 unspecified atom stereocenters. The maximum Gasteiger partial charge on any atom is 0.330 e. The average Bonchev–Trinajstić information content (AvgIpc) is 2.76. The second kappa shape index (κ2) is 5.18. The van der Waals surface area contributed by atoms with Gasteiger partial charge in [0.15, 0.2) is 5.54 Å². The highest BCUT2D eigenvalue weighted by molar-refractivity contribution is 5.82. The molecular weight excluding hydrogens is 232 g/mol. The summed E-state index contributed by atoms with van der Waals surface area (Å²) in [6.45, 7) is 1.72. The van der Waals surface area contributed by atoms with Gasteiger partial charge < -0.3 is 10.4 Å². The Morgan fingerprint density at radius 3 is 2.78 bits per heavy atom. The summed E-state index contributed by atoms with van der Waals surface area (Å²) in [7, 11) is 0. The van der Waals surface area contributed by atoms with E-state index in [1.807, 2.05) is 35.2 Å². The summed E-state index contributed by atoms with van der Waals surface area (Å²) in [5.74, 6) is -0.967. The van der Waals surface area contributed by atoms with Gasteiger partial charge in [-0.2, -0.15) is 0 Å². The molecule has 0 spiro atoms. The van der Waals surface area contributed by atoms with Crippen LogP contribution in [0.2, 0.25) is 0 Å². The van der Waals surface area contributed by atoms with Crippen molar-refractivity contribution < 1.29 is 14.7 Å². The molecule has 1 amide bonds. The van der Waals surface area contributed by atoms with E-state index >= 15 is 0 Å². The number of carboxylic acids is 1. The molecule has 1 aromatic carbocycles. The molecule has 0 aliphatic carbocycles. The Labute approximate surface area is 105 Å². The van der Waals surface area contributed by atoms with Gasteiger partial charge in [-0.25, -0.2) is 4.79 Å². The Morgan fingerprint density at radius 2 is 2.17 bits per heavy atom. The molecule has 1 atom stereocenters. The number of carboxylic acid groups (broad SMARTS) is 1. The molecule has 0 radical (unpaired) electrons. The van der Waals surface area contributed by atoms with Gasteiger partial charge in [-0.3, -0.25) is 9.69 Å². The van der Waals surface area contributed by atoms with Gasteiger partial charge in [-0.15, -0.1) is 0 Å². The summed E-state index contributed by atoms with van der Waals surface area (Å²) in [4.78, 5) is 23.8. The van der Waals surface area contributed by atoms with Crippen LogP contribution in [-0.4, -0.2) is 41.0 Å². The fourth-order valence-electron chi connectivity index (χ4n) is 2.33. The number of nitrogens with one attached hydrogen (secondary N) is 1. The number of likely N-dealkylation sites (tertiary alicyclic amines) is 1. The second-order valence-corrected chi connectivity index (χ2v) is 4.60. The first-order chi connectivity index (χ1) is 8.66. The van der Waals surface area contributed by atoms with Gasteiger partial charge in [0.2, 0.25) is 6.41 Å². The molecule has 2 N–H and O–H groups in total. The van der Waals surface area contributed by atoms with Crippen molar-refractivity contribution in [3.05, 3.63) is 35.9 Å². The lowest BCUT2D eigenvalue weighted by Gasteiger charge is -2.24. The maximum absolute atomic E-state index is 11.3. The largest absolute Gasteiger partial charge is 0.479 e. The number of benzene rings is 1. The molecule has 0 saturated carbocycles. The molecule has 2 rings (SSSR count). The van der Waals surface area contributed by atoms with Gasteiger partial charge in [-0.1, -0.05) is 30.3 Å². The second-order valence-electron chi connectivity index (χ2n) is 4.60. The van der Waals surface area contributed by atoms with Crippen molar-refractivity contribution in [2.75, 3.05) is 13.1 Å². The number of rotatable bonds is 5. The lowest BCUT2D eigenvalue weighted by Crippen LogP contribution is -2.53. The van der Waals surface area contributed by atoms with Crippen LogP contribution in [-0.2, 0) is 16.1 Å². The standard InChI is InChI=1S/C13H16N2O3/c16-10-14-13(12(17)18)6-7-15(9-13)8-11-4-2-1-3-5-11/h1-5,10H,6-9H2,(H,14,16)(H,17,18). The first-order valence-corrected chi connectivity index (χ1v) is 5.87. The minimum atomic E-state index is -1.13. The zero-order valence-corrected chi connectivity index (χ0v) is 10.0. The molecule has 1 heterocycles. The predicted octanol–water partition coefficient (Wildman–Crippen LogP) is 0.462. The van der Waals surface area contributed by atoms with Crippen molar-refractivity contribution in [1.82, 2.24) is 10.2 Å². The summed E-state index contributed by atoms with van der Waals surface area (Å²) in [5.41, 5.74) is 0.0149. The normalized spacial score (nSPS) is 23.8. The number of carbonyl (C=O) groups is 2. The SMILES string of the molecule is O=CNC1(C(=O)O)CCN(Cc2ccccc2)C1. The van der Waals surface area contributed by atoms with Crippen molar-refractivity contribution in [2.24, 2.45) is 0 Å². The van der Waals surface area contributed by atoms with Crippen molar-refractivity contribution >= 4 is 12.4 Å². The summed E-state index contributed by atoms with van der Waals surface area (Å²) in [6.07, 6.45) is 0.911. The monoisotopic (exact) mass is 248 g/mol. The molecule has 96 valence electrons. The van der Waals surface area contributed by atoms with Gasteiger partial charge in [0, 0.05) is 19.6 Å². The molecule has 1 saturated heterocycles. The van der Waals surface area contributed by atoms with E-state index in [0.717, 1.165) is 5.56 Å². The van der Waals surface area contributed by atoms with E-state index in [0.29, 0.717) is 32.5 Å². The fraction of sp³-hybridized carbons (Fsp3) is 0.385. The summed E-state index contributed by atoms with van der Waals surface area (Å²) in [6, 6.07) is 9.88. The third-order valence-corrected chi connectivity index (χ3v) is 3.34. The smallest absolute Gasteiger partial charge is 0.330 e. The van der Waals surface area contributed by atoms with Crippen LogP contribution in [0.25, 0.3) is 0 Å². The van der Waals surface area contributed by atoms with Crippen LogP contribution >= 0.6 is 0 Å². The minimum Gasteiger partial charge on any atom is -0.479 e. The fourth-order valence-corrected chi connectivity index (χ4v) is 2.33. The van der Waals surface area contributed by atoms with Crippen molar-refractivity contribution in [3.63, 3.8) is 0 Å². The highest BCUT2D eigenvalue weighted by atomic mass is 16.4. The Bertz CT molecular complexity index is 435. The number of aliphatic carboxylic acids is 1. The van der Waals surface area contributed by atoms with E-state index in [4.69, 9.17) is 0 Å². The predicted molar refractivity (Wildman–Crippen MR) is 65.9 cm³/mol. The first kappa shape index (κ1) is 12.6. The van der Waals surface area contributed by atoms with Crippen LogP contribution in [0.4, 0.5) is 0 Å². The molecule has 0 bridgehead atoms.